The molecule has 0 spiro atoms. The summed E-state index contributed by atoms with van der Waals surface area (Å²) in [6.07, 6.45) is 6.94. The topological polar surface area (TPSA) is 24.4 Å². The first-order valence-electron chi connectivity index (χ1n) is 5.41. The Morgan fingerprint density at radius 2 is 2.40 bits per heavy atom. The molecule has 77 valence electrons. The molecule has 0 unspecified atom stereocenters. The fraction of sp³-hybridized carbons (Fsp3) is 0.545. The summed E-state index contributed by atoms with van der Waals surface area (Å²) >= 11 is 0. The number of aliphatic imine (C=N–C) groups is 1. The molecule has 1 fully saturated rings. The highest BCUT2D eigenvalue weighted by atomic mass is 14.9. The zero-order chi connectivity index (χ0) is 11.1. The molecule has 1 aliphatic carbocycles. The summed E-state index contributed by atoms with van der Waals surface area (Å²) in [5.41, 5.74) is 2.07. The van der Waals surface area contributed by atoms with Gasteiger partial charge in [0, 0.05) is 38.7 Å². The molecule has 2 nitrogen and oxygen atoms in total. The van der Waals surface area contributed by atoms with Crippen LogP contribution in [0.4, 0.5) is 0 Å². The van der Waals surface area contributed by atoms with Crippen LogP contribution in [0.3, 0.4) is 0 Å². The highest BCUT2D eigenvalue weighted by Crippen LogP contribution is 2.19. The Kier molecular flexibility index (Phi) is 5.48. The van der Waals surface area contributed by atoms with Crippen LogP contribution in [0.1, 0.15) is 26.2 Å². The average Bonchev–Trinajstić information content (AvgIpc) is 3.06. The van der Waals surface area contributed by atoms with Gasteiger partial charge in [0.25, 0.3) is 0 Å². The maximum atomic E-state index is 5.49. The molecule has 0 aliphatic heterocycles. The van der Waals surface area contributed by atoms with Gasteiger partial charge in [-0.3, -0.25) is 4.99 Å². The van der Waals surface area contributed by atoms with E-state index >= 15 is 0 Å². The molecule has 1 aliphatic rings. The lowest BCUT2D eigenvalue weighted by atomic mass is 9.50. The van der Waals surface area contributed by atoms with E-state index in [4.69, 9.17) is 7.74 Å². The van der Waals surface area contributed by atoms with Crippen LogP contribution >= 0.6 is 0 Å². The molecular weight excluding hydrogens is 182 g/mol. The van der Waals surface area contributed by atoms with Crippen LogP contribution in [0.15, 0.2) is 28.8 Å². The maximum Gasteiger partial charge on any atom is 0.0921 e. The van der Waals surface area contributed by atoms with Crippen LogP contribution in [-0.4, -0.2) is 33.7 Å². The third-order valence-corrected chi connectivity index (χ3v) is 2.41. The standard InChI is InChI=1S/C11H17B2N2/c1-3-7-15-11(9(2)13-12)6-8-14-10-4-5-10/h3,7,10,14H,1,4-6,8H2,2H3/b11-9+,15-7?. The molecule has 0 bridgehead atoms. The number of hydrogen-bond donors (Lipinski definition) is 1. The van der Waals surface area contributed by atoms with Gasteiger partial charge in [-0.2, -0.15) is 0 Å². The van der Waals surface area contributed by atoms with E-state index in [1.54, 1.807) is 19.5 Å². The van der Waals surface area contributed by atoms with E-state index in [1.165, 1.54) is 12.8 Å². The molecule has 1 rings (SSSR count). The van der Waals surface area contributed by atoms with Crippen molar-refractivity contribution in [3.8, 4) is 0 Å². The minimum Gasteiger partial charge on any atom is -0.314 e. The van der Waals surface area contributed by atoms with Crippen molar-refractivity contribution in [1.82, 2.24) is 5.32 Å². The smallest absolute Gasteiger partial charge is 0.0921 e. The van der Waals surface area contributed by atoms with E-state index < -0.39 is 0 Å². The number of nitrogens with one attached hydrogen (secondary N) is 1. The van der Waals surface area contributed by atoms with E-state index in [1.807, 2.05) is 6.92 Å². The van der Waals surface area contributed by atoms with Gasteiger partial charge in [0.2, 0.25) is 0 Å². The summed E-state index contributed by atoms with van der Waals surface area (Å²) in [6.45, 7) is 6.56. The molecule has 0 heterocycles. The maximum absolute atomic E-state index is 5.49. The summed E-state index contributed by atoms with van der Waals surface area (Å²) in [7, 11) is 7.09. The van der Waals surface area contributed by atoms with Gasteiger partial charge >= 0.3 is 0 Å². The van der Waals surface area contributed by atoms with Crippen molar-refractivity contribution < 1.29 is 0 Å². The van der Waals surface area contributed by atoms with Crippen LogP contribution in [0.5, 0.6) is 0 Å². The molecule has 1 N–H and O–H groups in total. The van der Waals surface area contributed by atoms with Crippen LogP contribution in [-0.2, 0) is 0 Å². The zero-order valence-electron chi connectivity index (χ0n) is 9.37. The molecule has 4 heteroatoms. The van der Waals surface area contributed by atoms with E-state index in [-0.39, 0.29) is 0 Å². The molecule has 0 aromatic heterocycles. The van der Waals surface area contributed by atoms with E-state index in [0.717, 1.165) is 30.2 Å². The number of nitrogens with zero attached hydrogens (tertiary/aromatic N) is 1. The van der Waals surface area contributed by atoms with Crippen LogP contribution < -0.4 is 5.32 Å². The van der Waals surface area contributed by atoms with Crippen LogP contribution in [0.2, 0.25) is 0 Å². The quantitative estimate of drug-likeness (QED) is 0.486. The van der Waals surface area contributed by atoms with E-state index in [9.17, 15) is 0 Å². The Bertz CT molecular complexity index is 268. The van der Waals surface area contributed by atoms with Crippen molar-refractivity contribution in [2.45, 2.75) is 32.2 Å². The minimum atomic E-state index is 0.747. The first kappa shape index (κ1) is 12.3. The molecule has 0 amide bonds. The van der Waals surface area contributed by atoms with Crippen molar-refractivity contribution in [1.29, 1.82) is 0 Å². The van der Waals surface area contributed by atoms with Gasteiger partial charge in [0.1, 0.15) is 0 Å². The summed E-state index contributed by atoms with van der Waals surface area (Å²) < 4.78 is 0. The largest absolute Gasteiger partial charge is 0.314 e. The summed E-state index contributed by atoms with van der Waals surface area (Å²) in [4.78, 5) is 4.32. The second kappa shape index (κ2) is 6.67. The third kappa shape index (κ3) is 5.03. The highest BCUT2D eigenvalue weighted by molar-refractivity contribution is 6.93. The van der Waals surface area contributed by atoms with Crippen molar-refractivity contribution in [2.75, 3.05) is 6.54 Å². The van der Waals surface area contributed by atoms with Gasteiger partial charge in [0.15, 0.2) is 0 Å². The summed E-state index contributed by atoms with van der Waals surface area (Å²) in [5.74, 6) is 0. The lowest BCUT2D eigenvalue weighted by Crippen LogP contribution is -2.18. The van der Waals surface area contributed by atoms with Gasteiger partial charge in [-0.05, 0) is 12.8 Å². The number of hydrogen-bond acceptors (Lipinski definition) is 2. The normalized spacial score (nSPS) is 17.7. The van der Waals surface area contributed by atoms with Gasteiger partial charge in [0.05, 0.1) is 7.17 Å². The minimum absolute atomic E-state index is 0.747. The predicted octanol–water partition coefficient (Wildman–Crippen LogP) is 1.40. The average molecular weight is 199 g/mol. The van der Waals surface area contributed by atoms with E-state index in [0.29, 0.717) is 0 Å². The Hall–Kier alpha value is -0.760. The van der Waals surface area contributed by atoms with E-state index in [2.05, 4.69) is 16.9 Å². The molecule has 0 atom stereocenters. The lowest BCUT2D eigenvalue weighted by Gasteiger charge is -2.07. The van der Waals surface area contributed by atoms with Crippen molar-refractivity contribution >= 4 is 21.1 Å². The molecule has 0 aromatic rings. The first-order valence-corrected chi connectivity index (χ1v) is 5.41. The van der Waals surface area contributed by atoms with Crippen molar-refractivity contribution in [3.05, 3.63) is 23.8 Å². The molecular formula is C11H17B2N2. The van der Waals surface area contributed by atoms with Gasteiger partial charge in [-0.1, -0.05) is 19.6 Å². The van der Waals surface area contributed by atoms with Gasteiger partial charge in [-0.15, -0.1) is 5.47 Å². The monoisotopic (exact) mass is 199 g/mol. The SMILES string of the molecule is [B][B]/C(C)=C(\CCNC1CC1)N=CC=C. The van der Waals surface area contributed by atoms with Crippen molar-refractivity contribution in [3.63, 3.8) is 0 Å². The molecule has 0 aromatic carbocycles. The second-order valence-electron chi connectivity index (χ2n) is 3.79. The Labute approximate surface area is 94.6 Å². The zero-order valence-corrected chi connectivity index (χ0v) is 9.37. The van der Waals surface area contributed by atoms with Gasteiger partial charge in [-0.25, -0.2) is 0 Å². The van der Waals surface area contributed by atoms with Crippen LogP contribution in [0, 0.1) is 0 Å². The fourth-order valence-electron chi connectivity index (χ4n) is 1.28. The van der Waals surface area contributed by atoms with Gasteiger partial charge < -0.3 is 5.32 Å². The highest BCUT2D eigenvalue weighted by Gasteiger charge is 2.19. The second-order valence-corrected chi connectivity index (χ2v) is 3.79. The number of rotatable bonds is 7. The predicted molar refractivity (Wildman–Crippen MR) is 68.5 cm³/mol. The number of allylic oxidation sites excluding steroid dienone is 2. The molecule has 0 saturated heterocycles. The molecule has 1 saturated carbocycles. The molecule has 3 radical (unpaired) electrons. The Balaban J connectivity index is 2.39. The fourth-order valence-corrected chi connectivity index (χ4v) is 1.28. The van der Waals surface area contributed by atoms with Crippen molar-refractivity contribution in [2.24, 2.45) is 4.99 Å². The third-order valence-electron chi connectivity index (χ3n) is 2.41. The Morgan fingerprint density at radius 1 is 1.67 bits per heavy atom. The lowest BCUT2D eigenvalue weighted by molar-refractivity contribution is 0.676. The summed E-state index contributed by atoms with van der Waals surface area (Å²) in [6, 6.07) is 0.747. The summed E-state index contributed by atoms with van der Waals surface area (Å²) in [5, 5.41) is 3.45. The Morgan fingerprint density at radius 3 is 2.93 bits per heavy atom. The molecule has 15 heavy (non-hydrogen) atoms. The van der Waals surface area contributed by atoms with Crippen LogP contribution in [0.25, 0.3) is 0 Å². The first-order chi connectivity index (χ1) is 7.27.